The zero-order valence-electron chi connectivity index (χ0n) is 8.59. The van der Waals surface area contributed by atoms with Crippen molar-refractivity contribution in [3.8, 4) is 0 Å². The second-order valence-electron chi connectivity index (χ2n) is 3.64. The van der Waals surface area contributed by atoms with E-state index in [-0.39, 0.29) is 0 Å². The maximum absolute atomic E-state index is 10.7. The molecule has 1 aliphatic rings. The molecule has 0 N–H and O–H groups in total. The van der Waals surface area contributed by atoms with E-state index in [4.69, 9.17) is 9.47 Å². The van der Waals surface area contributed by atoms with Crippen molar-refractivity contribution < 1.29 is 14.3 Å². The molecule has 0 aromatic rings. The molecule has 1 rings (SSSR count). The number of aldehydes is 1. The van der Waals surface area contributed by atoms with Crippen LogP contribution in [-0.4, -0.2) is 18.2 Å². The van der Waals surface area contributed by atoms with Crippen LogP contribution in [-0.2, 0) is 14.3 Å². The minimum atomic E-state index is -0.684. The lowest BCUT2D eigenvalue weighted by Crippen LogP contribution is -2.39. The SMILES string of the molecule is CCC1=C(C)C(C=O)OC(C)(C)O1. The van der Waals surface area contributed by atoms with Crippen molar-refractivity contribution in [3.05, 3.63) is 11.3 Å². The van der Waals surface area contributed by atoms with E-state index in [0.29, 0.717) is 0 Å². The van der Waals surface area contributed by atoms with Crippen LogP contribution in [0, 0.1) is 0 Å². The number of ether oxygens (including phenoxy) is 2. The summed E-state index contributed by atoms with van der Waals surface area (Å²) >= 11 is 0. The van der Waals surface area contributed by atoms with E-state index in [2.05, 4.69) is 0 Å². The molecule has 0 aromatic carbocycles. The summed E-state index contributed by atoms with van der Waals surface area (Å²) in [7, 11) is 0. The normalized spacial score (nSPS) is 26.9. The van der Waals surface area contributed by atoms with Gasteiger partial charge in [-0.3, -0.25) is 0 Å². The predicted octanol–water partition coefficient (Wildman–Crippen LogP) is 2.02. The molecule has 1 atom stereocenters. The van der Waals surface area contributed by atoms with Gasteiger partial charge in [-0.15, -0.1) is 0 Å². The molecule has 13 heavy (non-hydrogen) atoms. The van der Waals surface area contributed by atoms with Crippen LogP contribution in [0.4, 0.5) is 0 Å². The van der Waals surface area contributed by atoms with Crippen molar-refractivity contribution in [2.75, 3.05) is 0 Å². The minimum absolute atomic E-state index is 0.446. The molecule has 0 bridgehead atoms. The minimum Gasteiger partial charge on any atom is -0.467 e. The Labute approximate surface area is 78.7 Å². The molecule has 0 saturated carbocycles. The first kappa shape index (κ1) is 10.3. The van der Waals surface area contributed by atoms with Gasteiger partial charge in [-0.2, -0.15) is 0 Å². The Morgan fingerprint density at radius 3 is 2.62 bits per heavy atom. The van der Waals surface area contributed by atoms with Crippen LogP contribution in [0.3, 0.4) is 0 Å². The van der Waals surface area contributed by atoms with Gasteiger partial charge < -0.3 is 14.3 Å². The second-order valence-corrected chi connectivity index (χ2v) is 3.64. The van der Waals surface area contributed by atoms with Crippen LogP contribution in [0.15, 0.2) is 11.3 Å². The molecule has 1 aliphatic heterocycles. The monoisotopic (exact) mass is 184 g/mol. The van der Waals surface area contributed by atoms with E-state index in [0.717, 1.165) is 24.0 Å². The molecule has 1 heterocycles. The first-order valence-electron chi connectivity index (χ1n) is 4.52. The Morgan fingerprint density at radius 1 is 1.54 bits per heavy atom. The Balaban J connectivity index is 2.96. The molecule has 3 heteroatoms. The summed E-state index contributed by atoms with van der Waals surface area (Å²) in [6, 6.07) is 0. The lowest BCUT2D eigenvalue weighted by molar-refractivity contribution is -0.222. The molecule has 0 spiro atoms. The van der Waals surface area contributed by atoms with E-state index in [1.807, 2.05) is 27.7 Å². The highest BCUT2D eigenvalue weighted by Gasteiger charge is 2.33. The Morgan fingerprint density at radius 2 is 2.15 bits per heavy atom. The summed E-state index contributed by atoms with van der Waals surface area (Å²) in [6.07, 6.45) is 1.16. The standard InChI is InChI=1S/C10H16O3/c1-5-8-7(2)9(6-11)13-10(3,4)12-8/h6,9H,5H2,1-4H3. The van der Waals surface area contributed by atoms with Crippen molar-refractivity contribution in [1.29, 1.82) is 0 Å². The predicted molar refractivity (Wildman–Crippen MR) is 49.1 cm³/mol. The fourth-order valence-corrected chi connectivity index (χ4v) is 1.43. The summed E-state index contributed by atoms with van der Waals surface area (Å²) in [6.45, 7) is 7.49. The number of carbonyl (C=O) groups excluding carboxylic acids is 1. The Hall–Kier alpha value is -0.830. The maximum Gasteiger partial charge on any atom is 0.205 e. The molecule has 0 aromatic heterocycles. The third kappa shape index (κ3) is 2.10. The van der Waals surface area contributed by atoms with Gasteiger partial charge in [0.05, 0.1) is 0 Å². The number of hydrogen-bond donors (Lipinski definition) is 0. The molecule has 0 saturated heterocycles. The van der Waals surface area contributed by atoms with Crippen LogP contribution >= 0.6 is 0 Å². The lowest BCUT2D eigenvalue weighted by atomic mass is 10.1. The zero-order valence-corrected chi connectivity index (χ0v) is 8.59. The van der Waals surface area contributed by atoms with Gasteiger partial charge >= 0.3 is 0 Å². The quantitative estimate of drug-likeness (QED) is 0.616. The third-order valence-electron chi connectivity index (χ3n) is 2.09. The van der Waals surface area contributed by atoms with E-state index >= 15 is 0 Å². The molecule has 0 amide bonds. The largest absolute Gasteiger partial charge is 0.467 e. The number of carbonyl (C=O) groups is 1. The molecular weight excluding hydrogens is 168 g/mol. The Bertz CT molecular complexity index is 241. The summed E-state index contributed by atoms with van der Waals surface area (Å²) < 4.78 is 11.0. The molecular formula is C10H16O3. The van der Waals surface area contributed by atoms with Crippen LogP contribution in [0.2, 0.25) is 0 Å². The second kappa shape index (κ2) is 3.50. The van der Waals surface area contributed by atoms with Gasteiger partial charge in [0.15, 0.2) is 6.29 Å². The molecule has 0 aliphatic carbocycles. The number of rotatable bonds is 2. The van der Waals surface area contributed by atoms with Crippen LogP contribution in [0.5, 0.6) is 0 Å². The smallest absolute Gasteiger partial charge is 0.205 e. The summed E-state index contributed by atoms with van der Waals surface area (Å²) in [5.41, 5.74) is 0.886. The van der Waals surface area contributed by atoms with Crippen LogP contribution in [0.1, 0.15) is 34.1 Å². The maximum atomic E-state index is 10.7. The van der Waals surface area contributed by atoms with Gasteiger partial charge in [0.1, 0.15) is 11.9 Å². The zero-order chi connectivity index (χ0) is 10.1. The van der Waals surface area contributed by atoms with Gasteiger partial charge in [-0.25, -0.2) is 0 Å². The van der Waals surface area contributed by atoms with Gasteiger partial charge in [0.25, 0.3) is 0 Å². The molecule has 0 fully saturated rings. The summed E-state index contributed by atoms with van der Waals surface area (Å²) in [4.78, 5) is 10.7. The van der Waals surface area contributed by atoms with Crippen molar-refractivity contribution in [2.45, 2.75) is 46.0 Å². The third-order valence-corrected chi connectivity index (χ3v) is 2.09. The van der Waals surface area contributed by atoms with Gasteiger partial charge in [0, 0.05) is 25.8 Å². The first-order chi connectivity index (χ1) is 6.00. The molecule has 0 radical (unpaired) electrons. The highest BCUT2D eigenvalue weighted by molar-refractivity contribution is 5.62. The van der Waals surface area contributed by atoms with Crippen molar-refractivity contribution in [3.63, 3.8) is 0 Å². The lowest BCUT2D eigenvalue weighted by Gasteiger charge is -2.36. The fourth-order valence-electron chi connectivity index (χ4n) is 1.43. The van der Waals surface area contributed by atoms with Crippen LogP contribution in [0.25, 0.3) is 0 Å². The van der Waals surface area contributed by atoms with E-state index in [1.54, 1.807) is 0 Å². The topological polar surface area (TPSA) is 35.5 Å². The number of allylic oxidation sites excluding steroid dienone is 1. The molecule has 74 valence electrons. The van der Waals surface area contributed by atoms with E-state index in [1.165, 1.54) is 0 Å². The van der Waals surface area contributed by atoms with Crippen molar-refractivity contribution in [1.82, 2.24) is 0 Å². The van der Waals surface area contributed by atoms with E-state index < -0.39 is 11.9 Å². The van der Waals surface area contributed by atoms with Crippen molar-refractivity contribution >= 4 is 6.29 Å². The Kier molecular flexibility index (Phi) is 2.76. The summed E-state index contributed by atoms with van der Waals surface area (Å²) in [5.74, 6) is 0.185. The molecule has 1 unspecified atom stereocenters. The highest BCUT2D eigenvalue weighted by Crippen LogP contribution is 2.30. The first-order valence-corrected chi connectivity index (χ1v) is 4.52. The van der Waals surface area contributed by atoms with Crippen molar-refractivity contribution in [2.24, 2.45) is 0 Å². The highest BCUT2D eigenvalue weighted by atomic mass is 16.7. The van der Waals surface area contributed by atoms with Gasteiger partial charge in [0.2, 0.25) is 5.79 Å². The number of hydrogen-bond acceptors (Lipinski definition) is 3. The fraction of sp³-hybridized carbons (Fsp3) is 0.700. The average molecular weight is 184 g/mol. The summed E-state index contributed by atoms with van der Waals surface area (Å²) in [5, 5.41) is 0. The van der Waals surface area contributed by atoms with E-state index in [9.17, 15) is 4.79 Å². The molecule has 3 nitrogen and oxygen atoms in total. The van der Waals surface area contributed by atoms with Crippen LogP contribution < -0.4 is 0 Å². The van der Waals surface area contributed by atoms with Gasteiger partial charge in [-0.05, 0) is 6.92 Å². The average Bonchev–Trinajstić information content (AvgIpc) is 2.08. The van der Waals surface area contributed by atoms with Gasteiger partial charge in [-0.1, -0.05) is 6.92 Å².